The summed E-state index contributed by atoms with van der Waals surface area (Å²) in [7, 11) is 0. The van der Waals surface area contributed by atoms with Gasteiger partial charge in [-0.3, -0.25) is 20.1 Å². The number of benzene rings is 1. The van der Waals surface area contributed by atoms with Crippen LogP contribution in [-0.2, 0) is 0 Å². The standard InChI is InChI=1S/C12H8N4O2/c13-9-7-3-1-5-14-10(7)11-8(4-2-6-15-11)12(9)16(17)18/h1-6H,13H2. The number of nitrogens with two attached hydrogens (primary N) is 1. The van der Waals surface area contributed by atoms with E-state index in [1.807, 2.05) is 0 Å². The van der Waals surface area contributed by atoms with Crippen LogP contribution in [0.1, 0.15) is 0 Å². The zero-order valence-electron chi connectivity index (χ0n) is 9.20. The predicted octanol–water partition coefficient (Wildman–Crippen LogP) is 2.27. The number of nitrogens with zero attached hydrogens (tertiary/aromatic N) is 3. The average Bonchev–Trinajstić information content (AvgIpc) is 2.39. The number of nitrogen functional groups attached to an aromatic ring is 1. The first-order chi connectivity index (χ1) is 8.70. The Hall–Kier alpha value is -2.76. The van der Waals surface area contributed by atoms with E-state index in [0.717, 1.165) is 0 Å². The molecule has 0 aliphatic rings. The average molecular weight is 240 g/mol. The Kier molecular flexibility index (Phi) is 2.09. The Morgan fingerprint density at radius 2 is 1.61 bits per heavy atom. The number of pyridine rings is 2. The van der Waals surface area contributed by atoms with Gasteiger partial charge in [0.1, 0.15) is 11.2 Å². The van der Waals surface area contributed by atoms with E-state index in [1.165, 1.54) is 0 Å². The molecule has 0 unspecified atom stereocenters. The minimum atomic E-state index is -0.480. The lowest BCUT2D eigenvalue weighted by molar-refractivity contribution is -0.382. The molecule has 1 aromatic carbocycles. The van der Waals surface area contributed by atoms with E-state index in [2.05, 4.69) is 9.97 Å². The largest absolute Gasteiger partial charge is 0.393 e. The van der Waals surface area contributed by atoms with E-state index in [-0.39, 0.29) is 11.4 Å². The molecular weight excluding hydrogens is 232 g/mol. The zero-order chi connectivity index (χ0) is 12.7. The van der Waals surface area contributed by atoms with Crippen LogP contribution in [0.3, 0.4) is 0 Å². The van der Waals surface area contributed by atoms with Crippen LogP contribution in [-0.4, -0.2) is 14.9 Å². The third kappa shape index (κ3) is 1.29. The van der Waals surface area contributed by atoms with E-state index in [9.17, 15) is 10.1 Å². The third-order valence-electron chi connectivity index (χ3n) is 2.82. The number of hydrogen-bond donors (Lipinski definition) is 1. The van der Waals surface area contributed by atoms with Crippen LogP contribution in [0.15, 0.2) is 36.7 Å². The van der Waals surface area contributed by atoms with Crippen LogP contribution in [0.25, 0.3) is 21.8 Å². The molecule has 3 aromatic rings. The lowest BCUT2D eigenvalue weighted by Gasteiger charge is -2.06. The van der Waals surface area contributed by atoms with Gasteiger partial charge in [0.05, 0.1) is 15.8 Å². The van der Waals surface area contributed by atoms with Gasteiger partial charge in [-0.25, -0.2) is 0 Å². The van der Waals surface area contributed by atoms with Gasteiger partial charge in [0.15, 0.2) is 0 Å². The summed E-state index contributed by atoms with van der Waals surface area (Å²) in [6, 6.07) is 6.67. The van der Waals surface area contributed by atoms with E-state index in [0.29, 0.717) is 21.8 Å². The van der Waals surface area contributed by atoms with Gasteiger partial charge in [-0.05, 0) is 24.3 Å². The molecule has 0 bridgehead atoms. The molecule has 0 amide bonds. The van der Waals surface area contributed by atoms with Crippen molar-refractivity contribution in [1.29, 1.82) is 0 Å². The summed E-state index contributed by atoms with van der Waals surface area (Å²) < 4.78 is 0. The highest BCUT2D eigenvalue weighted by Crippen LogP contribution is 2.37. The predicted molar refractivity (Wildman–Crippen MR) is 68.1 cm³/mol. The molecule has 88 valence electrons. The first-order valence-electron chi connectivity index (χ1n) is 5.25. The number of hydrogen-bond acceptors (Lipinski definition) is 5. The van der Waals surface area contributed by atoms with Crippen LogP contribution in [0.2, 0.25) is 0 Å². The summed E-state index contributed by atoms with van der Waals surface area (Å²) in [4.78, 5) is 19.1. The summed E-state index contributed by atoms with van der Waals surface area (Å²) in [6.45, 7) is 0. The molecule has 0 aliphatic heterocycles. The van der Waals surface area contributed by atoms with Crippen molar-refractivity contribution in [3.05, 3.63) is 46.8 Å². The van der Waals surface area contributed by atoms with E-state index in [1.54, 1.807) is 36.7 Å². The normalized spacial score (nSPS) is 10.9. The van der Waals surface area contributed by atoms with Crippen molar-refractivity contribution >= 4 is 33.2 Å². The van der Waals surface area contributed by atoms with Gasteiger partial charge >= 0.3 is 5.69 Å². The van der Waals surface area contributed by atoms with Gasteiger partial charge in [-0.2, -0.15) is 0 Å². The number of fused-ring (bicyclic) bond motifs is 3. The molecule has 0 atom stereocenters. The van der Waals surface area contributed by atoms with Gasteiger partial charge in [0.2, 0.25) is 0 Å². The maximum absolute atomic E-state index is 11.2. The summed E-state index contributed by atoms with van der Waals surface area (Å²) in [5, 5.41) is 12.1. The van der Waals surface area contributed by atoms with Crippen LogP contribution in [0, 0.1) is 10.1 Å². The molecule has 18 heavy (non-hydrogen) atoms. The molecule has 2 N–H and O–H groups in total. The van der Waals surface area contributed by atoms with Crippen molar-refractivity contribution in [2.45, 2.75) is 0 Å². The molecule has 0 fully saturated rings. The quantitative estimate of drug-likeness (QED) is 0.304. The van der Waals surface area contributed by atoms with Crippen LogP contribution >= 0.6 is 0 Å². The highest BCUT2D eigenvalue weighted by molar-refractivity contribution is 6.14. The van der Waals surface area contributed by atoms with Crippen molar-refractivity contribution < 1.29 is 4.92 Å². The summed E-state index contributed by atoms with van der Waals surface area (Å²) >= 11 is 0. The van der Waals surface area contributed by atoms with E-state index >= 15 is 0 Å². The van der Waals surface area contributed by atoms with E-state index < -0.39 is 4.92 Å². The summed E-state index contributed by atoms with van der Waals surface area (Å²) in [5.74, 6) is 0. The zero-order valence-corrected chi connectivity index (χ0v) is 9.20. The van der Waals surface area contributed by atoms with Crippen molar-refractivity contribution in [2.24, 2.45) is 0 Å². The second-order valence-electron chi connectivity index (χ2n) is 3.82. The smallest absolute Gasteiger partial charge is 0.302 e. The Morgan fingerprint density at radius 3 is 2.22 bits per heavy atom. The fourth-order valence-electron chi connectivity index (χ4n) is 2.07. The molecule has 0 spiro atoms. The maximum atomic E-state index is 11.2. The lowest BCUT2D eigenvalue weighted by Crippen LogP contribution is -1.99. The molecular formula is C12H8N4O2. The first-order valence-corrected chi connectivity index (χ1v) is 5.25. The number of nitro groups is 1. The molecule has 2 heterocycles. The van der Waals surface area contributed by atoms with Crippen LogP contribution in [0.5, 0.6) is 0 Å². The maximum Gasteiger partial charge on any atom is 0.302 e. The molecule has 3 rings (SSSR count). The van der Waals surface area contributed by atoms with Crippen molar-refractivity contribution in [3.8, 4) is 0 Å². The highest BCUT2D eigenvalue weighted by Gasteiger charge is 2.21. The lowest BCUT2D eigenvalue weighted by atomic mass is 10.1. The molecule has 0 radical (unpaired) electrons. The van der Waals surface area contributed by atoms with Gasteiger partial charge in [-0.1, -0.05) is 0 Å². The van der Waals surface area contributed by atoms with Gasteiger partial charge < -0.3 is 5.73 Å². The highest BCUT2D eigenvalue weighted by atomic mass is 16.6. The van der Waals surface area contributed by atoms with Crippen LogP contribution in [0.4, 0.5) is 11.4 Å². The summed E-state index contributed by atoms with van der Waals surface area (Å²) in [5.41, 5.74) is 6.97. The Morgan fingerprint density at radius 1 is 1.06 bits per heavy atom. The van der Waals surface area contributed by atoms with Crippen molar-refractivity contribution in [2.75, 3.05) is 5.73 Å². The molecule has 0 saturated heterocycles. The Labute approximate surface area is 101 Å². The first kappa shape index (κ1) is 10.4. The number of rotatable bonds is 1. The van der Waals surface area contributed by atoms with Crippen molar-refractivity contribution in [1.82, 2.24) is 9.97 Å². The fourth-order valence-corrected chi connectivity index (χ4v) is 2.07. The monoisotopic (exact) mass is 240 g/mol. The Balaban J connectivity index is 2.66. The molecule has 2 aromatic heterocycles. The molecule has 0 aliphatic carbocycles. The number of aromatic nitrogens is 2. The fraction of sp³-hybridized carbons (Fsp3) is 0. The molecule has 6 heteroatoms. The SMILES string of the molecule is Nc1c([N+](=O)[O-])c2cccnc2c2ncccc12. The molecule has 6 nitrogen and oxygen atoms in total. The second-order valence-corrected chi connectivity index (χ2v) is 3.82. The van der Waals surface area contributed by atoms with Gasteiger partial charge in [0.25, 0.3) is 0 Å². The topological polar surface area (TPSA) is 94.9 Å². The van der Waals surface area contributed by atoms with Crippen molar-refractivity contribution in [3.63, 3.8) is 0 Å². The Bertz CT molecular complexity index is 785. The van der Waals surface area contributed by atoms with Gasteiger partial charge in [-0.15, -0.1) is 0 Å². The third-order valence-corrected chi connectivity index (χ3v) is 2.82. The number of nitro benzene ring substituents is 1. The second kappa shape index (κ2) is 3.63. The van der Waals surface area contributed by atoms with Gasteiger partial charge in [0, 0.05) is 17.8 Å². The minimum absolute atomic E-state index is 0.112. The number of anilines is 1. The minimum Gasteiger partial charge on any atom is -0.393 e. The van der Waals surface area contributed by atoms with Crippen LogP contribution < -0.4 is 5.73 Å². The molecule has 0 saturated carbocycles. The summed E-state index contributed by atoms with van der Waals surface area (Å²) in [6.07, 6.45) is 3.19. The van der Waals surface area contributed by atoms with E-state index in [4.69, 9.17) is 5.73 Å².